The van der Waals surface area contributed by atoms with Gasteiger partial charge in [0.1, 0.15) is 0 Å². The molecule has 1 fully saturated rings. The van der Waals surface area contributed by atoms with E-state index in [1.807, 2.05) is 35.4 Å². The Labute approximate surface area is 112 Å². The minimum absolute atomic E-state index is 0.148. The van der Waals surface area contributed by atoms with Crippen LogP contribution in [0.3, 0.4) is 0 Å². The lowest BCUT2D eigenvalue weighted by atomic mass is 10.3. The SMILES string of the molecule is NS(=O)(=O)c1ccccc1.c1ccc(N2CO2)cc1. The molecule has 0 radical (unpaired) electrons. The molecule has 1 aliphatic rings. The highest BCUT2D eigenvalue weighted by Gasteiger charge is 2.18. The first-order chi connectivity index (χ1) is 9.07. The highest BCUT2D eigenvalue weighted by molar-refractivity contribution is 7.89. The highest BCUT2D eigenvalue weighted by atomic mass is 32.2. The van der Waals surface area contributed by atoms with Gasteiger partial charge in [0.25, 0.3) is 0 Å². The fourth-order valence-corrected chi connectivity index (χ4v) is 1.92. The van der Waals surface area contributed by atoms with E-state index in [2.05, 4.69) is 0 Å². The Morgan fingerprint density at radius 1 is 0.947 bits per heavy atom. The second-order valence-corrected chi connectivity index (χ2v) is 5.39. The van der Waals surface area contributed by atoms with Gasteiger partial charge in [0, 0.05) is 0 Å². The zero-order valence-corrected chi connectivity index (χ0v) is 11.0. The number of nitrogens with zero attached hydrogens (tertiary/aromatic N) is 1. The topological polar surface area (TPSA) is 75.7 Å². The van der Waals surface area contributed by atoms with Crippen molar-refractivity contribution >= 4 is 15.7 Å². The number of nitrogens with two attached hydrogens (primary N) is 1. The average Bonchev–Trinajstić information content (AvgIpc) is 3.25. The van der Waals surface area contributed by atoms with Gasteiger partial charge in [-0.3, -0.25) is 0 Å². The van der Waals surface area contributed by atoms with Gasteiger partial charge in [-0.2, -0.15) is 0 Å². The summed E-state index contributed by atoms with van der Waals surface area (Å²) in [6.45, 7) is 0.740. The first-order valence-electron chi connectivity index (χ1n) is 5.61. The van der Waals surface area contributed by atoms with Crippen LogP contribution in [-0.2, 0) is 14.9 Å². The first kappa shape index (κ1) is 13.5. The molecule has 2 aromatic carbocycles. The molecule has 1 saturated heterocycles. The van der Waals surface area contributed by atoms with Crippen molar-refractivity contribution in [3.63, 3.8) is 0 Å². The smallest absolute Gasteiger partial charge is 0.238 e. The van der Waals surface area contributed by atoms with Gasteiger partial charge in [-0.25, -0.2) is 23.5 Å². The summed E-state index contributed by atoms with van der Waals surface area (Å²) in [4.78, 5) is 5.08. The number of benzene rings is 2. The van der Waals surface area contributed by atoms with E-state index in [0.717, 1.165) is 12.4 Å². The maximum Gasteiger partial charge on any atom is 0.238 e. The van der Waals surface area contributed by atoms with E-state index in [-0.39, 0.29) is 4.90 Å². The fraction of sp³-hybridized carbons (Fsp3) is 0.0769. The lowest BCUT2D eigenvalue weighted by Crippen LogP contribution is -2.11. The van der Waals surface area contributed by atoms with Gasteiger partial charge < -0.3 is 0 Å². The van der Waals surface area contributed by atoms with Crippen LogP contribution in [0, 0.1) is 0 Å². The zero-order valence-electron chi connectivity index (χ0n) is 10.1. The molecular weight excluding hydrogens is 264 g/mol. The van der Waals surface area contributed by atoms with Crippen LogP contribution in [0.25, 0.3) is 0 Å². The van der Waals surface area contributed by atoms with Crippen LogP contribution in [0.2, 0.25) is 0 Å². The molecule has 0 saturated carbocycles. The zero-order chi connectivity index (χ0) is 13.7. The number of sulfonamides is 1. The molecule has 0 atom stereocenters. The molecule has 0 bridgehead atoms. The van der Waals surface area contributed by atoms with E-state index in [4.69, 9.17) is 9.98 Å². The number of primary sulfonamides is 1. The van der Waals surface area contributed by atoms with E-state index >= 15 is 0 Å². The normalized spacial score (nSPS) is 13.4. The molecule has 3 rings (SSSR count). The summed E-state index contributed by atoms with van der Waals surface area (Å²) < 4.78 is 21.2. The van der Waals surface area contributed by atoms with Gasteiger partial charge in [0.2, 0.25) is 10.0 Å². The number of hydrogen-bond donors (Lipinski definition) is 1. The van der Waals surface area contributed by atoms with Gasteiger partial charge in [-0.1, -0.05) is 36.4 Å². The Kier molecular flexibility index (Phi) is 4.16. The molecule has 0 aliphatic carbocycles. The van der Waals surface area contributed by atoms with Gasteiger partial charge in [-0.05, 0) is 24.3 Å². The molecule has 0 amide bonds. The van der Waals surface area contributed by atoms with Gasteiger partial charge in [-0.15, -0.1) is 0 Å². The lowest BCUT2D eigenvalue weighted by molar-refractivity contribution is 0.452. The van der Waals surface area contributed by atoms with Gasteiger partial charge in [0.05, 0.1) is 10.6 Å². The quantitative estimate of drug-likeness (QED) is 0.849. The Bertz CT molecular complexity index is 611. The Hall–Kier alpha value is -1.89. The predicted octanol–water partition coefficient (Wildman–Crippen LogP) is 1.73. The summed E-state index contributed by atoms with van der Waals surface area (Å²) in [6.07, 6.45) is 0. The molecule has 0 spiro atoms. The third kappa shape index (κ3) is 4.36. The summed E-state index contributed by atoms with van der Waals surface area (Å²) in [5.41, 5.74) is 1.14. The summed E-state index contributed by atoms with van der Waals surface area (Å²) in [6, 6.07) is 17.9. The summed E-state index contributed by atoms with van der Waals surface area (Å²) in [5, 5.41) is 6.66. The predicted molar refractivity (Wildman–Crippen MR) is 72.7 cm³/mol. The van der Waals surface area contributed by atoms with Crippen LogP contribution in [0.1, 0.15) is 0 Å². The third-order valence-electron chi connectivity index (χ3n) is 2.37. The van der Waals surface area contributed by atoms with Crippen LogP contribution in [-0.4, -0.2) is 15.1 Å². The van der Waals surface area contributed by atoms with Crippen molar-refractivity contribution in [2.75, 3.05) is 11.8 Å². The largest absolute Gasteiger partial charge is 0.247 e. The van der Waals surface area contributed by atoms with Crippen molar-refractivity contribution in [3.05, 3.63) is 60.7 Å². The highest BCUT2D eigenvalue weighted by Crippen LogP contribution is 2.20. The number of anilines is 1. The average molecular weight is 278 g/mol. The fourth-order valence-electron chi connectivity index (χ4n) is 1.38. The molecule has 6 heteroatoms. The van der Waals surface area contributed by atoms with Crippen LogP contribution in [0.15, 0.2) is 65.6 Å². The van der Waals surface area contributed by atoms with Crippen LogP contribution >= 0.6 is 0 Å². The van der Waals surface area contributed by atoms with Crippen molar-refractivity contribution in [1.82, 2.24) is 0 Å². The standard InChI is InChI=1S/C7H7NO.C6H7NO2S/c1-2-4-7(5-3-1)8-6-9-8;7-10(8,9)6-4-2-1-3-5-6/h1-5H,6H2;1-5H,(H2,7,8,9). The number of hydroxylamine groups is 1. The van der Waals surface area contributed by atoms with E-state index in [0.29, 0.717) is 0 Å². The Balaban J connectivity index is 0.000000141. The van der Waals surface area contributed by atoms with Crippen molar-refractivity contribution in [1.29, 1.82) is 0 Å². The molecule has 1 heterocycles. The molecule has 2 N–H and O–H groups in total. The summed E-state index contributed by atoms with van der Waals surface area (Å²) in [7, 11) is -3.50. The van der Waals surface area contributed by atoms with Gasteiger partial charge in [0.15, 0.2) is 6.73 Å². The molecule has 100 valence electrons. The molecule has 19 heavy (non-hydrogen) atoms. The monoisotopic (exact) mass is 278 g/mol. The number of para-hydroxylation sites is 1. The molecule has 0 aromatic heterocycles. The second-order valence-electron chi connectivity index (χ2n) is 3.83. The van der Waals surface area contributed by atoms with E-state index in [1.165, 1.54) is 12.1 Å². The van der Waals surface area contributed by atoms with Crippen LogP contribution in [0.4, 0.5) is 5.69 Å². The first-order valence-corrected chi connectivity index (χ1v) is 7.15. The molecule has 0 unspecified atom stereocenters. The minimum Gasteiger partial charge on any atom is -0.247 e. The maximum atomic E-state index is 10.6. The van der Waals surface area contributed by atoms with E-state index in [1.54, 1.807) is 18.2 Å². The summed E-state index contributed by atoms with van der Waals surface area (Å²) >= 11 is 0. The third-order valence-corrected chi connectivity index (χ3v) is 3.30. The molecule has 2 aromatic rings. The van der Waals surface area contributed by atoms with Crippen molar-refractivity contribution in [2.45, 2.75) is 4.90 Å². The molecule has 5 nitrogen and oxygen atoms in total. The minimum atomic E-state index is -3.50. The molecular formula is C13H14N2O3S. The van der Waals surface area contributed by atoms with Crippen molar-refractivity contribution < 1.29 is 13.3 Å². The second kappa shape index (κ2) is 5.83. The van der Waals surface area contributed by atoms with Crippen LogP contribution in [0.5, 0.6) is 0 Å². The van der Waals surface area contributed by atoms with E-state index < -0.39 is 10.0 Å². The van der Waals surface area contributed by atoms with Crippen LogP contribution < -0.4 is 10.2 Å². The summed E-state index contributed by atoms with van der Waals surface area (Å²) in [5.74, 6) is 0. The van der Waals surface area contributed by atoms with Crippen molar-refractivity contribution in [3.8, 4) is 0 Å². The number of rotatable bonds is 2. The van der Waals surface area contributed by atoms with E-state index in [9.17, 15) is 8.42 Å². The molecule has 1 aliphatic heterocycles. The maximum absolute atomic E-state index is 10.6. The Morgan fingerprint density at radius 2 is 1.42 bits per heavy atom. The Morgan fingerprint density at radius 3 is 1.79 bits per heavy atom. The lowest BCUT2D eigenvalue weighted by Gasteiger charge is -1.93. The number of hydrogen-bond acceptors (Lipinski definition) is 4. The van der Waals surface area contributed by atoms with Crippen molar-refractivity contribution in [2.24, 2.45) is 5.14 Å². The van der Waals surface area contributed by atoms with Gasteiger partial charge >= 0.3 is 0 Å².